The van der Waals surface area contributed by atoms with Crippen molar-refractivity contribution in [1.82, 2.24) is 15.0 Å². The zero-order valence-electron chi connectivity index (χ0n) is 15.0. The summed E-state index contributed by atoms with van der Waals surface area (Å²) in [5, 5.41) is 4.69. The van der Waals surface area contributed by atoms with E-state index in [0.29, 0.717) is 35.5 Å². The quantitative estimate of drug-likeness (QED) is 0.733. The molecule has 6 nitrogen and oxygen atoms in total. The number of benzene rings is 1. The van der Waals surface area contributed by atoms with Gasteiger partial charge in [-0.1, -0.05) is 36.0 Å². The molecule has 1 saturated carbocycles. The molecule has 1 aromatic carbocycles. The standard InChI is InChI=1S/C19H24ClN3O3/c1-23(18(24)13-25-16-9-7-15(20)8-10-16)12-11-17-21-19(26-22-17)14-5-3-2-4-6-14/h7-10,14H,2-6,11-13H2,1H3. The molecular formula is C19H24ClN3O3. The molecule has 1 amide bonds. The average molecular weight is 378 g/mol. The van der Waals surface area contributed by atoms with Gasteiger partial charge in [0.25, 0.3) is 5.91 Å². The van der Waals surface area contributed by atoms with Gasteiger partial charge in [-0.25, -0.2) is 0 Å². The lowest BCUT2D eigenvalue weighted by molar-refractivity contribution is -0.132. The molecule has 7 heteroatoms. The second kappa shape index (κ2) is 9.03. The number of likely N-dealkylation sites (N-methyl/N-ethyl adjacent to an activating group) is 1. The largest absolute Gasteiger partial charge is 0.484 e. The van der Waals surface area contributed by atoms with Crippen molar-refractivity contribution in [3.8, 4) is 5.75 Å². The van der Waals surface area contributed by atoms with Crippen LogP contribution in [0.15, 0.2) is 28.8 Å². The van der Waals surface area contributed by atoms with Crippen LogP contribution in [0.1, 0.15) is 49.7 Å². The van der Waals surface area contributed by atoms with Gasteiger partial charge in [0.1, 0.15) is 5.75 Å². The second-order valence-electron chi connectivity index (χ2n) is 6.69. The van der Waals surface area contributed by atoms with Gasteiger partial charge in [-0.2, -0.15) is 4.98 Å². The Bertz CT molecular complexity index is 711. The van der Waals surface area contributed by atoms with Gasteiger partial charge < -0.3 is 14.2 Å². The normalized spacial score (nSPS) is 15.0. The van der Waals surface area contributed by atoms with Gasteiger partial charge in [0.15, 0.2) is 12.4 Å². The smallest absolute Gasteiger partial charge is 0.260 e. The first-order chi connectivity index (χ1) is 12.6. The Hall–Kier alpha value is -2.08. The number of rotatable bonds is 7. The lowest BCUT2D eigenvalue weighted by atomic mass is 9.89. The third-order valence-corrected chi connectivity index (χ3v) is 4.96. The summed E-state index contributed by atoms with van der Waals surface area (Å²) >= 11 is 5.83. The van der Waals surface area contributed by atoms with Crippen LogP contribution in [0.4, 0.5) is 0 Å². The maximum atomic E-state index is 12.2. The number of hydrogen-bond donors (Lipinski definition) is 0. The zero-order chi connectivity index (χ0) is 18.4. The summed E-state index contributed by atoms with van der Waals surface area (Å²) in [6.07, 6.45) is 6.58. The molecule has 0 bridgehead atoms. The number of nitrogens with zero attached hydrogens (tertiary/aromatic N) is 3. The van der Waals surface area contributed by atoms with Crippen LogP contribution in [-0.2, 0) is 11.2 Å². The molecule has 1 aromatic heterocycles. The van der Waals surface area contributed by atoms with Crippen LogP contribution in [0.25, 0.3) is 0 Å². The fourth-order valence-electron chi connectivity index (χ4n) is 3.06. The highest BCUT2D eigenvalue weighted by atomic mass is 35.5. The van der Waals surface area contributed by atoms with Crippen molar-refractivity contribution in [3.05, 3.63) is 41.0 Å². The molecule has 0 aliphatic heterocycles. The van der Waals surface area contributed by atoms with Crippen molar-refractivity contribution < 1.29 is 14.1 Å². The molecule has 0 radical (unpaired) electrons. The van der Waals surface area contributed by atoms with E-state index < -0.39 is 0 Å². The minimum atomic E-state index is -0.101. The molecular weight excluding hydrogens is 354 g/mol. The number of aromatic nitrogens is 2. The fourth-order valence-corrected chi connectivity index (χ4v) is 3.19. The third kappa shape index (κ3) is 5.21. The number of carbonyl (C=O) groups excluding carboxylic acids is 1. The molecule has 0 N–H and O–H groups in total. The van der Waals surface area contributed by atoms with Gasteiger partial charge in [-0.3, -0.25) is 4.79 Å². The highest BCUT2D eigenvalue weighted by Gasteiger charge is 2.21. The van der Waals surface area contributed by atoms with Crippen LogP contribution in [0, 0.1) is 0 Å². The van der Waals surface area contributed by atoms with Gasteiger partial charge in [0.2, 0.25) is 5.89 Å². The Morgan fingerprint density at radius 2 is 2.00 bits per heavy atom. The van der Waals surface area contributed by atoms with Crippen LogP contribution in [0.5, 0.6) is 5.75 Å². The number of amides is 1. The van der Waals surface area contributed by atoms with Crippen molar-refractivity contribution >= 4 is 17.5 Å². The Balaban J connectivity index is 1.42. The summed E-state index contributed by atoms with van der Waals surface area (Å²) in [5.41, 5.74) is 0. The maximum Gasteiger partial charge on any atom is 0.260 e. The van der Waals surface area contributed by atoms with E-state index in [1.54, 1.807) is 36.2 Å². The summed E-state index contributed by atoms with van der Waals surface area (Å²) in [6.45, 7) is 0.504. The van der Waals surface area contributed by atoms with Crippen molar-refractivity contribution in [2.45, 2.75) is 44.4 Å². The van der Waals surface area contributed by atoms with Crippen molar-refractivity contribution in [2.24, 2.45) is 0 Å². The molecule has 0 saturated heterocycles. The second-order valence-corrected chi connectivity index (χ2v) is 7.13. The first-order valence-electron chi connectivity index (χ1n) is 9.06. The van der Waals surface area contributed by atoms with Crippen molar-refractivity contribution in [3.63, 3.8) is 0 Å². The monoisotopic (exact) mass is 377 g/mol. The molecule has 0 spiro atoms. The lowest BCUT2D eigenvalue weighted by Crippen LogP contribution is -2.33. The topological polar surface area (TPSA) is 68.5 Å². The third-order valence-electron chi connectivity index (χ3n) is 4.71. The Kier molecular flexibility index (Phi) is 6.50. The van der Waals surface area contributed by atoms with E-state index in [-0.39, 0.29) is 12.5 Å². The Morgan fingerprint density at radius 1 is 1.27 bits per heavy atom. The van der Waals surface area contributed by atoms with Gasteiger partial charge >= 0.3 is 0 Å². The predicted octanol–water partition coefficient (Wildman–Crippen LogP) is 3.85. The molecule has 1 aliphatic carbocycles. The van der Waals surface area contributed by atoms with Gasteiger partial charge in [-0.05, 0) is 37.1 Å². The Morgan fingerprint density at radius 3 is 2.73 bits per heavy atom. The van der Waals surface area contributed by atoms with Crippen LogP contribution in [0.2, 0.25) is 5.02 Å². The molecule has 0 atom stereocenters. The number of halogens is 1. The fraction of sp³-hybridized carbons (Fsp3) is 0.526. The van der Waals surface area contributed by atoms with Crippen LogP contribution in [-0.4, -0.2) is 41.1 Å². The first-order valence-corrected chi connectivity index (χ1v) is 9.44. The van der Waals surface area contributed by atoms with Crippen molar-refractivity contribution in [1.29, 1.82) is 0 Å². The summed E-state index contributed by atoms with van der Waals surface area (Å²) < 4.78 is 10.9. The zero-order valence-corrected chi connectivity index (χ0v) is 15.7. The summed E-state index contributed by atoms with van der Waals surface area (Å²) in [5.74, 6) is 2.32. The molecule has 2 aromatic rings. The molecule has 0 unspecified atom stereocenters. The first kappa shape index (κ1) is 18.7. The van der Waals surface area contributed by atoms with E-state index in [0.717, 1.165) is 18.7 Å². The van der Waals surface area contributed by atoms with Crippen LogP contribution >= 0.6 is 11.6 Å². The molecule has 3 rings (SSSR count). The van der Waals surface area contributed by atoms with Gasteiger partial charge in [0, 0.05) is 31.0 Å². The molecule has 1 fully saturated rings. The Labute approximate surface area is 158 Å². The van der Waals surface area contributed by atoms with E-state index in [4.69, 9.17) is 20.9 Å². The molecule has 1 aliphatic rings. The molecule has 1 heterocycles. The van der Waals surface area contributed by atoms with Gasteiger partial charge in [-0.15, -0.1) is 0 Å². The maximum absolute atomic E-state index is 12.2. The van der Waals surface area contributed by atoms with E-state index in [2.05, 4.69) is 10.1 Å². The van der Waals surface area contributed by atoms with Crippen molar-refractivity contribution in [2.75, 3.05) is 20.2 Å². The SMILES string of the molecule is CN(CCc1noc(C2CCCCC2)n1)C(=O)COc1ccc(Cl)cc1. The summed E-state index contributed by atoms with van der Waals surface area (Å²) in [7, 11) is 1.75. The minimum Gasteiger partial charge on any atom is -0.484 e. The summed E-state index contributed by atoms with van der Waals surface area (Å²) in [4.78, 5) is 18.3. The molecule has 140 valence electrons. The van der Waals surface area contributed by atoms with E-state index >= 15 is 0 Å². The lowest BCUT2D eigenvalue weighted by Gasteiger charge is -2.17. The predicted molar refractivity (Wildman–Crippen MR) is 98.4 cm³/mol. The number of carbonyl (C=O) groups is 1. The highest BCUT2D eigenvalue weighted by Crippen LogP contribution is 2.31. The highest BCUT2D eigenvalue weighted by molar-refractivity contribution is 6.30. The van der Waals surface area contributed by atoms with Crippen LogP contribution in [0.3, 0.4) is 0 Å². The minimum absolute atomic E-state index is 0.0162. The van der Waals surface area contributed by atoms with Gasteiger partial charge in [0.05, 0.1) is 0 Å². The number of ether oxygens (including phenoxy) is 1. The number of hydrogen-bond acceptors (Lipinski definition) is 5. The van der Waals surface area contributed by atoms with E-state index in [1.165, 1.54) is 19.3 Å². The van der Waals surface area contributed by atoms with E-state index in [1.807, 2.05) is 0 Å². The molecule has 26 heavy (non-hydrogen) atoms. The average Bonchev–Trinajstić information content (AvgIpc) is 3.15. The van der Waals surface area contributed by atoms with Crippen LogP contribution < -0.4 is 4.74 Å². The van der Waals surface area contributed by atoms with E-state index in [9.17, 15) is 4.79 Å². The summed E-state index contributed by atoms with van der Waals surface area (Å²) in [6, 6.07) is 6.93.